The summed E-state index contributed by atoms with van der Waals surface area (Å²) < 4.78 is 0. The molecule has 17 heteroatoms. The molecule has 1 radical (unpaired) electrons. The minimum Gasteiger partial charge on any atom is 0 e. The zero-order chi connectivity index (χ0) is 50.4. The van der Waals surface area contributed by atoms with E-state index in [-0.39, 0.29) is 72.4 Å². The first kappa shape index (κ1) is 62.9. The number of para-hydroxylation sites is 6. The van der Waals surface area contributed by atoms with Gasteiger partial charge in [-0.3, -0.25) is 29.5 Å². The number of nitrogens with zero attached hydrogens (tertiary/aromatic N) is 4. The molecule has 0 saturated heterocycles. The normalized spacial score (nSPS) is 10.6. The van der Waals surface area contributed by atoms with Crippen LogP contribution in [0.3, 0.4) is 0 Å². The summed E-state index contributed by atoms with van der Waals surface area (Å²) in [7, 11) is 9.47. The van der Waals surface area contributed by atoms with Gasteiger partial charge in [0.15, 0.2) is 12.6 Å². The molecule has 1 aromatic heterocycles. The molecular weight excluding hydrogens is 1030 g/mol. The first-order chi connectivity index (χ1) is 32.0. The van der Waals surface area contributed by atoms with Gasteiger partial charge in [-0.05, 0) is 106 Å². The van der Waals surface area contributed by atoms with E-state index in [1.807, 2.05) is 106 Å². The zero-order valence-electron chi connectivity index (χ0n) is 40.9. The monoisotopic (exact) mass is 1090 g/mol. The number of hydrogen-bond donors (Lipinski definition) is 5. The van der Waals surface area contributed by atoms with Crippen LogP contribution in [0.25, 0.3) is 43.6 Å². The SMILES string of the molecule is CC(C)(C)c1cc(C=O)c(O)c(C=O)c1.CC(C)(C)c1cc2cnc3ccccc3ncc3cc(C(C)(C)C)cc(cnc4ccccc4ncc(c1)c2O)c3O.Nc1ccccc1N.O.O.[Cl][Co][Cl].[Co]. The number of benzene rings is 6. The molecule has 6 aromatic carbocycles. The molecule has 0 atom stereocenters. The van der Waals surface area contributed by atoms with Crippen LogP contribution in [0.1, 0.15) is 99.7 Å². The molecule has 11 N–H and O–H groups in total. The number of hydrogen-bond acceptors (Lipinski definition) is 11. The molecule has 1 heterocycles. The van der Waals surface area contributed by atoms with Crippen molar-refractivity contribution >= 4 is 87.9 Å². The van der Waals surface area contributed by atoms with E-state index in [1.165, 1.54) is 0 Å². The molecule has 13 nitrogen and oxygen atoms in total. The van der Waals surface area contributed by atoms with E-state index >= 15 is 0 Å². The molecule has 0 aliphatic heterocycles. The van der Waals surface area contributed by atoms with Crippen LogP contribution in [0.2, 0.25) is 0 Å². The Morgan fingerprint density at radius 3 is 0.887 bits per heavy atom. The standard InChI is InChI=1S/C36H36N4O2.C12H14O3.C6H8N2.2ClH.2Co.2H2O/c1-35(2,3)27-15-23-19-37-29-11-7-9-13-31(29)39-21-25-17-28(36(4,5)6)18-26(34(25)42)22-40-32-14-10-8-12-30(32)38-20-24(16-27)33(23)41;1-12(2,3)10-4-8(6-13)11(15)9(5-10)7-14;7-5-3-1-2-4-6(5)8;;;;;;/h7-22,41-42H,1-6H3;4-7,15H,1-3H3;1-4H,7-8H2;2*1H;;;2*1H2/q;;;;;;+2;;/p-2. The molecular formula is C54H62Cl2Co2N6O7. The second-order valence-corrected chi connectivity index (χ2v) is 20.4. The van der Waals surface area contributed by atoms with Crippen molar-refractivity contribution in [3.63, 3.8) is 0 Å². The Balaban J connectivity index is 0.000000714. The zero-order valence-corrected chi connectivity index (χ0v) is 44.5. The summed E-state index contributed by atoms with van der Waals surface area (Å²) in [5.74, 6) is -0.0608. The van der Waals surface area contributed by atoms with E-state index in [1.54, 1.807) is 49.1 Å². The molecule has 0 spiro atoms. The molecule has 0 amide bonds. The van der Waals surface area contributed by atoms with Crippen molar-refractivity contribution in [2.24, 2.45) is 0 Å². The van der Waals surface area contributed by atoms with Gasteiger partial charge in [0.25, 0.3) is 0 Å². The summed E-state index contributed by atoms with van der Waals surface area (Å²) in [4.78, 5) is 40.3. The van der Waals surface area contributed by atoms with Crippen LogP contribution < -0.4 is 11.5 Å². The Kier molecular flexibility index (Phi) is 24.8. The molecule has 382 valence electrons. The number of anilines is 2. The van der Waals surface area contributed by atoms with E-state index in [4.69, 9.17) is 51.7 Å². The number of phenols is 3. The third kappa shape index (κ3) is 17.9. The fourth-order valence-electron chi connectivity index (χ4n) is 6.34. The van der Waals surface area contributed by atoms with E-state index < -0.39 is 0 Å². The number of carbonyl (C=O) groups is 2. The summed E-state index contributed by atoms with van der Waals surface area (Å²) in [5, 5.41) is 34.4. The summed E-state index contributed by atoms with van der Waals surface area (Å²) in [6, 6.07) is 33.3. The molecule has 0 unspecified atom stereocenters. The maximum Gasteiger partial charge on any atom is 0 e. The van der Waals surface area contributed by atoms with Gasteiger partial charge < -0.3 is 37.7 Å². The van der Waals surface area contributed by atoms with Gasteiger partial charge in [-0.2, -0.15) is 0 Å². The van der Waals surface area contributed by atoms with Crippen molar-refractivity contribution in [2.75, 3.05) is 11.5 Å². The van der Waals surface area contributed by atoms with Gasteiger partial charge in [0, 0.05) is 63.1 Å². The van der Waals surface area contributed by atoms with Gasteiger partial charge in [0.1, 0.15) is 17.2 Å². The summed E-state index contributed by atoms with van der Waals surface area (Å²) in [5.41, 5.74) is 17.4. The van der Waals surface area contributed by atoms with E-state index in [9.17, 15) is 24.9 Å². The van der Waals surface area contributed by atoms with E-state index in [0.717, 1.165) is 16.7 Å². The third-order valence-electron chi connectivity index (χ3n) is 10.5. The smallest absolute Gasteiger partial charge is 0 e. The van der Waals surface area contributed by atoms with Gasteiger partial charge in [0.05, 0.1) is 44.6 Å². The third-order valence-corrected chi connectivity index (χ3v) is 10.5. The van der Waals surface area contributed by atoms with Gasteiger partial charge in [-0.25, -0.2) is 0 Å². The molecule has 71 heavy (non-hydrogen) atoms. The van der Waals surface area contributed by atoms with Crippen molar-refractivity contribution in [3.8, 4) is 17.2 Å². The maximum absolute atomic E-state index is 11.3. The van der Waals surface area contributed by atoms with Crippen LogP contribution in [0.5, 0.6) is 17.2 Å². The number of aldehydes is 2. The Hall–Kier alpha value is -6.15. The average molecular weight is 1100 g/mol. The number of nitrogens with two attached hydrogens (primary N) is 2. The van der Waals surface area contributed by atoms with Gasteiger partial charge >= 0.3 is 33.2 Å². The number of aromatic hydroxyl groups is 3. The number of rotatable bonds is 2. The molecule has 0 aliphatic carbocycles. The molecule has 0 saturated carbocycles. The molecule has 0 fully saturated rings. The predicted molar refractivity (Wildman–Crippen MR) is 284 cm³/mol. The predicted octanol–water partition coefficient (Wildman–Crippen LogP) is 11.6. The van der Waals surface area contributed by atoms with E-state index in [2.05, 4.69) is 41.5 Å². The van der Waals surface area contributed by atoms with Crippen LogP contribution in [-0.4, -0.2) is 58.8 Å². The van der Waals surface area contributed by atoms with Crippen molar-refractivity contribution in [3.05, 3.63) is 162 Å². The van der Waals surface area contributed by atoms with Crippen molar-refractivity contribution in [2.45, 2.75) is 78.6 Å². The molecule has 0 aliphatic rings. The number of phenolic OH excluding ortho intramolecular Hbond substituents is 3. The number of carbonyl (C=O) groups excluding carboxylic acids is 2. The van der Waals surface area contributed by atoms with E-state index in [0.29, 0.717) is 80.5 Å². The quantitative estimate of drug-likeness (QED) is 0.0803. The Bertz CT molecular complexity index is 2790. The van der Waals surface area contributed by atoms with Crippen LogP contribution in [0, 0.1) is 0 Å². The Morgan fingerprint density at radius 1 is 0.451 bits per heavy atom. The second-order valence-electron chi connectivity index (χ2n) is 18.7. The van der Waals surface area contributed by atoms with Crippen LogP contribution in [-0.2, 0) is 45.9 Å². The minimum atomic E-state index is -0.243. The Labute approximate surface area is 439 Å². The summed E-state index contributed by atoms with van der Waals surface area (Å²) >= 11 is 0.382. The van der Waals surface area contributed by atoms with Gasteiger partial charge in [0.2, 0.25) is 0 Å². The van der Waals surface area contributed by atoms with Crippen LogP contribution in [0.15, 0.2) is 134 Å². The molecule has 7 aromatic rings. The average Bonchev–Trinajstić information content (AvgIpc) is 3.28. The molecule has 7 rings (SSSR count). The molecule has 4 bridgehead atoms. The fraction of sp³-hybridized carbons (Fsp3) is 0.222. The van der Waals surface area contributed by atoms with Gasteiger partial charge in [-0.1, -0.05) is 98.7 Å². The number of nitrogen functional groups attached to an aromatic ring is 2. The van der Waals surface area contributed by atoms with Gasteiger partial charge in [-0.15, -0.1) is 0 Å². The fourth-order valence-corrected chi connectivity index (χ4v) is 6.34. The second kappa shape index (κ2) is 28.0. The minimum absolute atomic E-state index is 0. The first-order valence-corrected chi connectivity index (χ1v) is 24.2. The van der Waals surface area contributed by atoms with Crippen molar-refractivity contribution < 1.29 is 65.5 Å². The summed E-state index contributed by atoms with van der Waals surface area (Å²) in [6.07, 6.45) is 7.75. The summed E-state index contributed by atoms with van der Waals surface area (Å²) in [6.45, 7) is 18.7. The topological polar surface area (TPSA) is 261 Å². The maximum atomic E-state index is 11.3. The Morgan fingerprint density at radius 2 is 0.676 bits per heavy atom. The number of fused-ring (bicyclic) bond motifs is 6. The number of aromatic nitrogens is 4. The van der Waals surface area contributed by atoms with Crippen molar-refractivity contribution in [1.29, 1.82) is 0 Å². The van der Waals surface area contributed by atoms with Crippen molar-refractivity contribution in [1.82, 2.24) is 19.9 Å². The van der Waals surface area contributed by atoms with Crippen LogP contribution >= 0.6 is 20.3 Å². The number of halogens is 2. The first-order valence-electron chi connectivity index (χ1n) is 21.3. The van der Waals surface area contributed by atoms with Crippen LogP contribution in [0.4, 0.5) is 11.4 Å². The largest absolute Gasteiger partial charge is 0 e.